The molecule has 0 amide bonds. The highest BCUT2D eigenvalue weighted by Crippen LogP contribution is 2.39. The molecule has 1 saturated carbocycles. The van der Waals surface area contributed by atoms with Gasteiger partial charge in [-0.25, -0.2) is 0 Å². The average molecular weight is 311 g/mol. The second-order valence-corrected chi connectivity index (χ2v) is 6.48. The van der Waals surface area contributed by atoms with Crippen molar-refractivity contribution in [3.63, 3.8) is 0 Å². The number of anilines is 1. The van der Waals surface area contributed by atoms with Gasteiger partial charge in [0.05, 0.1) is 0 Å². The molecule has 3 unspecified atom stereocenters. The average Bonchev–Trinajstić information content (AvgIpc) is 3.03. The molecule has 0 aromatic heterocycles. The smallest absolute Gasteiger partial charge is 0.0412 e. The van der Waals surface area contributed by atoms with E-state index in [2.05, 4.69) is 65.2 Å². The predicted octanol–water partition coefficient (Wildman–Crippen LogP) is 3.82. The van der Waals surface area contributed by atoms with Crippen molar-refractivity contribution in [3.8, 4) is 0 Å². The minimum atomic E-state index is 0.372. The Bertz CT molecular complexity index is 419. The number of nitrogens with one attached hydrogen (secondary N) is 1. The van der Waals surface area contributed by atoms with Crippen LogP contribution in [-0.4, -0.2) is 20.6 Å². The van der Waals surface area contributed by atoms with Gasteiger partial charge in [0, 0.05) is 29.8 Å². The van der Waals surface area contributed by atoms with Gasteiger partial charge in [-0.2, -0.15) is 0 Å². The van der Waals surface area contributed by atoms with E-state index in [1.165, 1.54) is 24.2 Å². The van der Waals surface area contributed by atoms with Crippen LogP contribution in [-0.2, 0) is 0 Å². The molecule has 18 heavy (non-hydrogen) atoms. The molecule has 0 spiro atoms. The number of halogens is 1. The van der Waals surface area contributed by atoms with E-state index in [0.29, 0.717) is 6.04 Å². The van der Waals surface area contributed by atoms with Gasteiger partial charge >= 0.3 is 0 Å². The number of benzene rings is 1. The first-order chi connectivity index (χ1) is 8.52. The van der Waals surface area contributed by atoms with Crippen LogP contribution in [0.3, 0.4) is 0 Å². The third-order valence-electron chi connectivity index (χ3n) is 4.08. The zero-order valence-electron chi connectivity index (χ0n) is 11.7. The van der Waals surface area contributed by atoms with Crippen LogP contribution in [0.4, 0.5) is 5.69 Å². The fourth-order valence-corrected chi connectivity index (χ4v) is 2.86. The Morgan fingerprint density at radius 1 is 1.50 bits per heavy atom. The molecule has 3 heteroatoms. The van der Waals surface area contributed by atoms with E-state index in [4.69, 9.17) is 0 Å². The highest BCUT2D eigenvalue weighted by Gasteiger charge is 2.33. The summed E-state index contributed by atoms with van der Waals surface area (Å²) in [4.78, 5) is 2.41. The third kappa shape index (κ3) is 3.07. The summed E-state index contributed by atoms with van der Waals surface area (Å²) in [7, 11) is 4.22. The van der Waals surface area contributed by atoms with Crippen LogP contribution in [0.5, 0.6) is 0 Å². The highest BCUT2D eigenvalue weighted by atomic mass is 79.9. The fourth-order valence-electron chi connectivity index (χ4n) is 2.48. The van der Waals surface area contributed by atoms with Crippen LogP contribution < -0.4 is 10.2 Å². The minimum Gasteiger partial charge on any atom is -0.374 e. The lowest BCUT2D eigenvalue weighted by Gasteiger charge is -2.25. The molecule has 1 N–H and O–H groups in total. The van der Waals surface area contributed by atoms with Gasteiger partial charge < -0.3 is 10.2 Å². The molecule has 1 fully saturated rings. The Kier molecular flexibility index (Phi) is 4.33. The van der Waals surface area contributed by atoms with Crippen molar-refractivity contribution in [1.82, 2.24) is 5.32 Å². The monoisotopic (exact) mass is 310 g/mol. The number of hydrogen-bond acceptors (Lipinski definition) is 2. The van der Waals surface area contributed by atoms with E-state index in [-0.39, 0.29) is 0 Å². The molecule has 0 bridgehead atoms. The molecule has 0 saturated heterocycles. The standard InChI is InChI=1S/C15H23BrN2/c1-10-7-12(10)9-18(4)15-6-5-13(16)8-14(15)11(2)17-3/h5-6,8,10-12,17H,7,9H2,1-4H3. The minimum absolute atomic E-state index is 0.372. The fraction of sp³-hybridized carbons (Fsp3) is 0.600. The van der Waals surface area contributed by atoms with E-state index >= 15 is 0 Å². The van der Waals surface area contributed by atoms with E-state index in [1.54, 1.807) is 0 Å². The number of rotatable bonds is 5. The third-order valence-corrected chi connectivity index (χ3v) is 4.58. The Hall–Kier alpha value is -0.540. The van der Waals surface area contributed by atoms with Crippen LogP contribution in [0.15, 0.2) is 22.7 Å². The molecule has 2 nitrogen and oxygen atoms in total. The maximum atomic E-state index is 3.57. The van der Waals surface area contributed by atoms with Gasteiger partial charge in [-0.15, -0.1) is 0 Å². The Balaban J connectivity index is 2.19. The first-order valence-electron chi connectivity index (χ1n) is 6.70. The Morgan fingerprint density at radius 2 is 2.17 bits per heavy atom. The molecule has 1 aromatic rings. The van der Waals surface area contributed by atoms with E-state index in [0.717, 1.165) is 16.3 Å². The van der Waals surface area contributed by atoms with Gasteiger partial charge in [-0.1, -0.05) is 22.9 Å². The van der Waals surface area contributed by atoms with Crippen molar-refractivity contribution in [1.29, 1.82) is 0 Å². The van der Waals surface area contributed by atoms with Crippen molar-refractivity contribution in [2.75, 3.05) is 25.5 Å². The van der Waals surface area contributed by atoms with E-state index < -0.39 is 0 Å². The first kappa shape index (κ1) is 13.9. The lowest BCUT2D eigenvalue weighted by atomic mass is 10.1. The maximum absolute atomic E-state index is 3.57. The molecule has 0 heterocycles. The van der Waals surface area contributed by atoms with Crippen LogP contribution in [0.2, 0.25) is 0 Å². The maximum Gasteiger partial charge on any atom is 0.0412 e. The molecule has 1 aromatic carbocycles. The zero-order valence-corrected chi connectivity index (χ0v) is 13.3. The molecule has 0 aliphatic heterocycles. The predicted molar refractivity (Wildman–Crippen MR) is 82.2 cm³/mol. The molecular formula is C15H23BrN2. The summed E-state index contributed by atoms with van der Waals surface area (Å²) < 4.78 is 1.15. The van der Waals surface area contributed by atoms with Crippen LogP contribution in [0.1, 0.15) is 31.9 Å². The summed E-state index contributed by atoms with van der Waals surface area (Å²) in [6.07, 6.45) is 1.39. The molecule has 1 aliphatic rings. The van der Waals surface area contributed by atoms with Gasteiger partial charge in [0.15, 0.2) is 0 Å². The summed E-state index contributed by atoms with van der Waals surface area (Å²) in [6.45, 7) is 5.72. The van der Waals surface area contributed by atoms with Crippen molar-refractivity contribution < 1.29 is 0 Å². The lowest BCUT2D eigenvalue weighted by molar-refractivity contribution is 0.645. The Morgan fingerprint density at radius 3 is 2.72 bits per heavy atom. The summed E-state index contributed by atoms with van der Waals surface area (Å²) in [5, 5.41) is 3.33. The van der Waals surface area contributed by atoms with Gasteiger partial charge in [0.25, 0.3) is 0 Å². The van der Waals surface area contributed by atoms with Crippen molar-refractivity contribution >= 4 is 21.6 Å². The normalized spacial score (nSPS) is 23.8. The lowest BCUT2D eigenvalue weighted by Crippen LogP contribution is -2.24. The summed E-state index contributed by atoms with van der Waals surface area (Å²) >= 11 is 3.57. The van der Waals surface area contributed by atoms with Crippen molar-refractivity contribution in [2.45, 2.75) is 26.3 Å². The number of nitrogens with zero attached hydrogens (tertiary/aromatic N) is 1. The largest absolute Gasteiger partial charge is 0.374 e. The van der Waals surface area contributed by atoms with Gasteiger partial charge in [-0.3, -0.25) is 0 Å². The van der Waals surface area contributed by atoms with Crippen LogP contribution in [0, 0.1) is 11.8 Å². The summed E-state index contributed by atoms with van der Waals surface area (Å²) in [6, 6.07) is 6.95. The number of hydrogen-bond donors (Lipinski definition) is 1. The molecule has 100 valence electrons. The van der Waals surface area contributed by atoms with Crippen molar-refractivity contribution in [3.05, 3.63) is 28.2 Å². The summed E-state index contributed by atoms with van der Waals surface area (Å²) in [5.41, 5.74) is 2.71. The zero-order chi connectivity index (χ0) is 13.3. The van der Waals surface area contributed by atoms with Crippen molar-refractivity contribution in [2.24, 2.45) is 11.8 Å². The first-order valence-corrected chi connectivity index (χ1v) is 7.50. The molecule has 1 aliphatic carbocycles. The topological polar surface area (TPSA) is 15.3 Å². The SMILES string of the molecule is CNC(C)c1cc(Br)ccc1N(C)CC1CC1C. The second-order valence-electron chi connectivity index (χ2n) is 5.57. The molecular weight excluding hydrogens is 288 g/mol. The molecule has 3 atom stereocenters. The second kappa shape index (κ2) is 5.62. The van der Waals surface area contributed by atoms with Gasteiger partial charge in [0.1, 0.15) is 0 Å². The highest BCUT2D eigenvalue weighted by molar-refractivity contribution is 9.10. The van der Waals surface area contributed by atoms with E-state index in [1.807, 2.05) is 7.05 Å². The Labute approximate surface area is 119 Å². The van der Waals surface area contributed by atoms with Gasteiger partial charge in [-0.05, 0) is 56.0 Å². The van der Waals surface area contributed by atoms with Crippen LogP contribution in [0.25, 0.3) is 0 Å². The summed E-state index contributed by atoms with van der Waals surface area (Å²) in [5.74, 6) is 1.80. The van der Waals surface area contributed by atoms with Crippen LogP contribution >= 0.6 is 15.9 Å². The quantitative estimate of drug-likeness (QED) is 0.889. The molecule has 0 radical (unpaired) electrons. The van der Waals surface area contributed by atoms with Gasteiger partial charge in [0.2, 0.25) is 0 Å². The molecule has 2 rings (SSSR count). The van der Waals surface area contributed by atoms with E-state index in [9.17, 15) is 0 Å².